The number of hydrogen-bond donors (Lipinski definition) is 1. The van der Waals surface area contributed by atoms with E-state index in [-0.39, 0.29) is 23.6 Å². The standard InChI is InChI=1S/C25H27ClF2N4O2/c1-15-11-21(16(2)10-19(15)25(3,27)28)31-24(33)32-7-4-18(5-8-32)23-20(26)12-17(14-30-23)13-22-29-6-9-34-22/h4,6,9-12,14,16,21H,5,7-8,13H2,1-3H3,(H,31,33). The van der Waals surface area contributed by atoms with Gasteiger partial charge in [-0.05, 0) is 42.0 Å². The number of nitrogens with zero attached hydrogens (tertiary/aromatic N) is 3. The normalized spacial score (nSPS) is 21.0. The molecule has 3 heterocycles. The van der Waals surface area contributed by atoms with E-state index in [2.05, 4.69) is 15.3 Å². The summed E-state index contributed by atoms with van der Waals surface area (Å²) in [7, 11) is 0. The van der Waals surface area contributed by atoms with Gasteiger partial charge in [-0.1, -0.05) is 36.8 Å². The number of oxazole rings is 1. The first-order chi connectivity index (χ1) is 16.1. The van der Waals surface area contributed by atoms with Gasteiger partial charge < -0.3 is 14.6 Å². The van der Waals surface area contributed by atoms with E-state index in [4.69, 9.17) is 16.0 Å². The van der Waals surface area contributed by atoms with Crippen molar-refractivity contribution in [3.8, 4) is 0 Å². The Morgan fingerprint density at radius 3 is 2.76 bits per heavy atom. The van der Waals surface area contributed by atoms with Crippen LogP contribution < -0.4 is 5.32 Å². The van der Waals surface area contributed by atoms with Crippen LogP contribution in [0.2, 0.25) is 5.02 Å². The van der Waals surface area contributed by atoms with Crippen LogP contribution in [0, 0.1) is 5.92 Å². The van der Waals surface area contributed by atoms with Crippen LogP contribution in [0.5, 0.6) is 0 Å². The van der Waals surface area contributed by atoms with E-state index >= 15 is 0 Å². The van der Waals surface area contributed by atoms with E-state index in [0.29, 0.717) is 48.1 Å². The molecule has 2 aromatic heterocycles. The Kier molecular flexibility index (Phi) is 6.89. The van der Waals surface area contributed by atoms with Gasteiger partial charge in [0.25, 0.3) is 5.92 Å². The average molecular weight is 489 g/mol. The van der Waals surface area contributed by atoms with Gasteiger partial charge in [0.1, 0.15) is 6.26 Å². The molecule has 4 rings (SSSR count). The Bertz CT molecular complexity index is 1150. The minimum atomic E-state index is -2.90. The predicted octanol–water partition coefficient (Wildman–Crippen LogP) is 5.66. The van der Waals surface area contributed by atoms with Gasteiger partial charge >= 0.3 is 6.03 Å². The highest BCUT2D eigenvalue weighted by atomic mass is 35.5. The first-order valence-corrected chi connectivity index (χ1v) is 11.6. The lowest BCUT2D eigenvalue weighted by molar-refractivity contribution is 0.0645. The molecule has 2 amide bonds. The summed E-state index contributed by atoms with van der Waals surface area (Å²) in [4.78, 5) is 23.2. The van der Waals surface area contributed by atoms with E-state index < -0.39 is 5.92 Å². The van der Waals surface area contributed by atoms with E-state index in [1.165, 1.54) is 6.26 Å². The summed E-state index contributed by atoms with van der Waals surface area (Å²) in [6, 6.07) is 1.29. The summed E-state index contributed by atoms with van der Waals surface area (Å²) in [6.07, 6.45) is 11.2. The molecule has 0 saturated heterocycles. The minimum absolute atomic E-state index is 0.0202. The SMILES string of the molecule is CC1=CC(NC(=O)N2CC=C(c3ncc(Cc4ncco4)cc3Cl)CC2)C(C)C=C1C(C)(F)F. The Morgan fingerprint density at radius 2 is 2.15 bits per heavy atom. The number of hydrogen-bond acceptors (Lipinski definition) is 4. The second kappa shape index (κ2) is 9.70. The molecule has 6 nitrogen and oxygen atoms in total. The molecule has 0 spiro atoms. The van der Waals surface area contributed by atoms with E-state index in [1.807, 2.05) is 19.1 Å². The first-order valence-electron chi connectivity index (χ1n) is 11.2. The highest BCUT2D eigenvalue weighted by molar-refractivity contribution is 6.32. The molecular weight excluding hydrogens is 462 g/mol. The van der Waals surface area contributed by atoms with Crippen LogP contribution in [-0.2, 0) is 6.42 Å². The molecule has 0 aromatic carbocycles. The summed E-state index contributed by atoms with van der Waals surface area (Å²) in [6.45, 7) is 5.29. The van der Waals surface area contributed by atoms with Crippen LogP contribution in [-0.4, -0.2) is 46.0 Å². The maximum absolute atomic E-state index is 13.8. The smallest absolute Gasteiger partial charge is 0.318 e. The monoisotopic (exact) mass is 488 g/mol. The van der Waals surface area contributed by atoms with Gasteiger partial charge in [0.15, 0.2) is 5.89 Å². The third-order valence-electron chi connectivity index (χ3n) is 6.15. The van der Waals surface area contributed by atoms with Crippen LogP contribution in [0.15, 0.2) is 58.5 Å². The molecular formula is C25H27ClF2N4O2. The Morgan fingerprint density at radius 1 is 1.35 bits per heavy atom. The van der Waals surface area contributed by atoms with Crippen molar-refractivity contribution in [1.82, 2.24) is 20.2 Å². The number of aromatic nitrogens is 2. The van der Waals surface area contributed by atoms with Gasteiger partial charge in [-0.25, -0.2) is 18.6 Å². The van der Waals surface area contributed by atoms with Gasteiger partial charge in [0, 0.05) is 31.8 Å². The van der Waals surface area contributed by atoms with E-state index in [0.717, 1.165) is 18.1 Å². The fourth-order valence-electron chi connectivity index (χ4n) is 4.30. The van der Waals surface area contributed by atoms with Crippen LogP contribution >= 0.6 is 11.6 Å². The van der Waals surface area contributed by atoms with Gasteiger partial charge in [-0.3, -0.25) is 4.98 Å². The van der Waals surface area contributed by atoms with Crippen molar-refractivity contribution in [2.75, 3.05) is 13.1 Å². The average Bonchev–Trinajstić information content (AvgIpc) is 3.28. The van der Waals surface area contributed by atoms with Crippen molar-refractivity contribution in [1.29, 1.82) is 0 Å². The third-order valence-corrected chi connectivity index (χ3v) is 6.44. The highest BCUT2D eigenvalue weighted by Gasteiger charge is 2.34. The summed E-state index contributed by atoms with van der Waals surface area (Å²) in [5.41, 5.74) is 3.10. The molecule has 9 heteroatoms. The second-order valence-electron chi connectivity index (χ2n) is 8.85. The lowest BCUT2D eigenvalue weighted by Crippen LogP contribution is -2.48. The number of alkyl halides is 2. The fraction of sp³-hybridized carbons (Fsp3) is 0.400. The maximum atomic E-state index is 13.8. The molecule has 0 radical (unpaired) electrons. The molecule has 180 valence electrons. The van der Waals surface area contributed by atoms with Gasteiger partial charge in [-0.2, -0.15) is 0 Å². The molecule has 0 fully saturated rings. The zero-order valence-corrected chi connectivity index (χ0v) is 20.1. The largest absolute Gasteiger partial charge is 0.449 e. The van der Waals surface area contributed by atoms with Crippen molar-refractivity contribution in [3.05, 3.63) is 76.3 Å². The number of amides is 2. The zero-order chi connectivity index (χ0) is 24.5. The highest BCUT2D eigenvalue weighted by Crippen LogP contribution is 2.34. The van der Waals surface area contributed by atoms with Crippen molar-refractivity contribution in [3.63, 3.8) is 0 Å². The summed E-state index contributed by atoms with van der Waals surface area (Å²) >= 11 is 6.49. The quantitative estimate of drug-likeness (QED) is 0.589. The molecule has 1 aliphatic heterocycles. The molecule has 1 aliphatic carbocycles. The third kappa shape index (κ3) is 5.38. The van der Waals surface area contributed by atoms with E-state index in [9.17, 15) is 13.6 Å². The summed E-state index contributed by atoms with van der Waals surface area (Å²) in [5, 5.41) is 3.51. The molecule has 0 bridgehead atoms. The Labute approximate surface area is 202 Å². The number of urea groups is 1. The number of rotatable bonds is 5. The summed E-state index contributed by atoms with van der Waals surface area (Å²) in [5.74, 6) is -2.54. The molecule has 2 aromatic rings. The molecule has 2 atom stereocenters. The van der Waals surface area contributed by atoms with Crippen molar-refractivity contribution < 1.29 is 18.0 Å². The second-order valence-corrected chi connectivity index (χ2v) is 9.26. The maximum Gasteiger partial charge on any atom is 0.318 e. The number of halogens is 3. The number of allylic oxidation sites excluding steroid dienone is 2. The minimum Gasteiger partial charge on any atom is -0.449 e. The molecule has 1 N–H and O–H groups in total. The van der Waals surface area contributed by atoms with Gasteiger partial charge in [-0.15, -0.1) is 0 Å². The molecule has 2 unspecified atom stereocenters. The Hall–Kier alpha value is -3.00. The van der Waals surface area contributed by atoms with Crippen LogP contribution in [0.25, 0.3) is 5.57 Å². The molecule has 34 heavy (non-hydrogen) atoms. The number of nitrogens with one attached hydrogen (secondary N) is 1. The Balaban J connectivity index is 1.37. The van der Waals surface area contributed by atoms with Crippen molar-refractivity contribution >= 4 is 23.2 Å². The van der Waals surface area contributed by atoms with Crippen molar-refractivity contribution in [2.24, 2.45) is 5.92 Å². The van der Waals surface area contributed by atoms with Crippen LogP contribution in [0.4, 0.5) is 13.6 Å². The number of pyridine rings is 1. The van der Waals surface area contributed by atoms with Crippen molar-refractivity contribution in [2.45, 2.75) is 45.6 Å². The topological polar surface area (TPSA) is 71.3 Å². The fourth-order valence-corrected chi connectivity index (χ4v) is 4.61. The lowest BCUT2D eigenvalue weighted by Gasteiger charge is -2.32. The number of carbonyl (C=O) groups is 1. The first kappa shape index (κ1) is 24.1. The predicted molar refractivity (Wildman–Crippen MR) is 127 cm³/mol. The zero-order valence-electron chi connectivity index (χ0n) is 19.3. The van der Waals surface area contributed by atoms with Crippen LogP contribution in [0.3, 0.4) is 0 Å². The van der Waals surface area contributed by atoms with E-state index in [1.54, 1.807) is 36.4 Å². The van der Waals surface area contributed by atoms with Crippen LogP contribution in [0.1, 0.15) is 44.3 Å². The number of carbonyl (C=O) groups excluding carboxylic acids is 1. The molecule has 0 saturated carbocycles. The lowest BCUT2D eigenvalue weighted by atomic mass is 9.86. The van der Waals surface area contributed by atoms with Gasteiger partial charge in [0.2, 0.25) is 0 Å². The summed E-state index contributed by atoms with van der Waals surface area (Å²) < 4.78 is 32.9. The van der Waals surface area contributed by atoms with Gasteiger partial charge in [0.05, 0.1) is 29.4 Å². The molecule has 2 aliphatic rings.